The smallest absolute Gasteiger partial charge is 0.186 e. The van der Waals surface area contributed by atoms with Gasteiger partial charge in [-0.2, -0.15) is 0 Å². The molecule has 1 aliphatic rings. The summed E-state index contributed by atoms with van der Waals surface area (Å²) in [5, 5.41) is 0. The fourth-order valence-corrected chi connectivity index (χ4v) is 1.12. The molecule has 1 aromatic rings. The first kappa shape index (κ1) is 12.6. The molecule has 0 saturated heterocycles. The van der Waals surface area contributed by atoms with E-state index in [9.17, 15) is 4.79 Å². The Bertz CT molecular complexity index is 311. The third-order valence-electron chi connectivity index (χ3n) is 1.64. The first-order chi connectivity index (χ1) is 6.88. The molecule has 0 N–H and O–H groups in total. The summed E-state index contributed by atoms with van der Waals surface area (Å²) in [4.78, 5) is 11.0. The number of benzene rings is 1. The molecule has 1 nitrogen and oxygen atoms in total. The fourth-order valence-electron chi connectivity index (χ4n) is 1.12. The summed E-state index contributed by atoms with van der Waals surface area (Å²) >= 11 is 0. The van der Waals surface area contributed by atoms with Crippen molar-refractivity contribution in [3.05, 3.63) is 41.5 Å². The molecule has 2 rings (SSSR count). The molecule has 0 unspecified atom stereocenters. The highest BCUT2D eigenvalue weighted by molar-refractivity contribution is 6.13. The van der Waals surface area contributed by atoms with E-state index in [4.69, 9.17) is 0 Å². The van der Waals surface area contributed by atoms with Crippen molar-refractivity contribution in [1.29, 1.82) is 0 Å². The number of rotatable bonds is 0. The first-order valence-electron chi connectivity index (χ1n) is 5.19. The molecule has 0 radical (unpaired) electrons. The maximum absolute atomic E-state index is 11.0. The van der Waals surface area contributed by atoms with Crippen molar-refractivity contribution in [2.45, 2.75) is 27.7 Å². The molecule has 14 heavy (non-hydrogen) atoms. The Morgan fingerprint density at radius 2 is 1.43 bits per heavy atom. The van der Waals surface area contributed by atoms with Crippen molar-refractivity contribution in [3.63, 3.8) is 0 Å². The quantitative estimate of drug-likeness (QED) is 0.605. The second-order valence-corrected chi connectivity index (χ2v) is 2.28. The van der Waals surface area contributed by atoms with Crippen molar-refractivity contribution in [2.75, 3.05) is 0 Å². The van der Waals surface area contributed by atoms with Crippen LogP contribution >= 0.6 is 0 Å². The van der Waals surface area contributed by atoms with Gasteiger partial charge in [0.15, 0.2) is 5.78 Å². The molecule has 76 valence electrons. The molecule has 0 amide bonds. The Labute approximate surface area is 86.5 Å². The number of hydrogen-bond acceptors (Lipinski definition) is 1. The predicted molar refractivity (Wildman–Crippen MR) is 62.5 cm³/mol. The highest BCUT2D eigenvalue weighted by Gasteiger charge is 2.10. The van der Waals surface area contributed by atoms with Crippen molar-refractivity contribution < 1.29 is 4.79 Å². The number of ketones is 1. The topological polar surface area (TPSA) is 17.1 Å². The van der Waals surface area contributed by atoms with E-state index in [-0.39, 0.29) is 5.78 Å². The summed E-state index contributed by atoms with van der Waals surface area (Å²) in [6, 6.07) is 7.60. The third kappa shape index (κ3) is 2.84. The molecule has 0 aliphatic heterocycles. The van der Waals surface area contributed by atoms with Crippen LogP contribution in [0.1, 0.15) is 43.6 Å². The molecule has 0 fully saturated rings. The van der Waals surface area contributed by atoms with E-state index in [1.165, 1.54) is 0 Å². The van der Waals surface area contributed by atoms with Gasteiger partial charge in [0.2, 0.25) is 0 Å². The number of carbonyl (C=O) groups is 1. The van der Waals surface area contributed by atoms with E-state index in [1.807, 2.05) is 58.0 Å². The lowest BCUT2D eigenvalue weighted by Gasteiger charge is -1.92. The summed E-state index contributed by atoms with van der Waals surface area (Å²) in [5.74, 6) is 0.121. The molecule has 1 heteroatoms. The van der Waals surface area contributed by atoms with Gasteiger partial charge in [0.05, 0.1) is 0 Å². The summed E-state index contributed by atoms with van der Waals surface area (Å²) in [6.45, 7) is 8.00. The molecule has 0 aromatic heterocycles. The monoisotopic (exact) mass is 190 g/mol. The minimum Gasteiger partial charge on any atom is -0.289 e. The standard InChI is InChI=1S/C9H6O.2C2H6/c10-9-6-5-7-3-1-2-4-8(7)9;2*1-2/h1-6H;2*1-2H3. The van der Waals surface area contributed by atoms with Gasteiger partial charge in [-0.1, -0.05) is 58.0 Å². The van der Waals surface area contributed by atoms with E-state index >= 15 is 0 Å². The molecule has 0 heterocycles. The lowest BCUT2D eigenvalue weighted by Crippen LogP contribution is -1.89. The van der Waals surface area contributed by atoms with Crippen molar-refractivity contribution >= 4 is 11.9 Å². The minimum absolute atomic E-state index is 0.121. The molecule has 0 saturated carbocycles. The molecule has 0 spiro atoms. The van der Waals surface area contributed by atoms with Gasteiger partial charge in [0, 0.05) is 5.56 Å². The predicted octanol–water partition coefficient (Wildman–Crippen LogP) is 3.95. The highest BCUT2D eigenvalue weighted by Crippen LogP contribution is 2.17. The van der Waals surface area contributed by atoms with Crippen LogP contribution in [0.2, 0.25) is 0 Å². The van der Waals surface area contributed by atoms with Crippen molar-refractivity contribution in [3.8, 4) is 0 Å². The Hall–Kier alpha value is -1.37. The minimum atomic E-state index is 0.121. The number of fused-ring (bicyclic) bond motifs is 1. The molecule has 1 aliphatic carbocycles. The Morgan fingerprint density at radius 1 is 0.857 bits per heavy atom. The summed E-state index contributed by atoms with van der Waals surface area (Å²) in [5.41, 5.74) is 1.86. The Morgan fingerprint density at radius 3 is 2.00 bits per heavy atom. The lowest BCUT2D eigenvalue weighted by molar-refractivity contribution is 0.105. The number of hydrogen-bond donors (Lipinski definition) is 0. The van der Waals surface area contributed by atoms with E-state index in [0.29, 0.717) is 0 Å². The Balaban J connectivity index is 0.000000379. The van der Waals surface area contributed by atoms with Gasteiger partial charge in [0.25, 0.3) is 0 Å². The molecule has 1 aromatic carbocycles. The maximum Gasteiger partial charge on any atom is 0.186 e. The van der Waals surface area contributed by atoms with Crippen LogP contribution in [0.15, 0.2) is 30.3 Å². The zero-order chi connectivity index (χ0) is 11.0. The second kappa shape index (κ2) is 7.07. The van der Waals surface area contributed by atoms with Gasteiger partial charge in [-0.25, -0.2) is 0 Å². The largest absolute Gasteiger partial charge is 0.289 e. The lowest BCUT2D eigenvalue weighted by atomic mass is 10.1. The number of allylic oxidation sites excluding steroid dienone is 1. The fraction of sp³-hybridized carbons (Fsp3) is 0.308. The zero-order valence-electron chi connectivity index (χ0n) is 9.37. The van der Waals surface area contributed by atoms with Crippen molar-refractivity contribution in [1.82, 2.24) is 0 Å². The van der Waals surface area contributed by atoms with Crippen LogP contribution in [-0.2, 0) is 0 Å². The normalized spacial score (nSPS) is 10.7. The van der Waals surface area contributed by atoms with Crippen LogP contribution in [0, 0.1) is 0 Å². The van der Waals surface area contributed by atoms with Gasteiger partial charge in [-0.3, -0.25) is 4.79 Å². The molecule has 0 bridgehead atoms. The van der Waals surface area contributed by atoms with Crippen LogP contribution in [0.4, 0.5) is 0 Å². The SMILES string of the molecule is CC.CC.O=C1C=Cc2ccccc21. The van der Waals surface area contributed by atoms with Gasteiger partial charge in [-0.15, -0.1) is 0 Å². The molecular weight excluding hydrogens is 172 g/mol. The van der Waals surface area contributed by atoms with E-state index in [2.05, 4.69) is 0 Å². The van der Waals surface area contributed by atoms with Gasteiger partial charge in [-0.05, 0) is 11.6 Å². The van der Waals surface area contributed by atoms with Crippen LogP contribution < -0.4 is 0 Å². The molecular formula is C13H18O. The maximum atomic E-state index is 11.0. The van der Waals surface area contributed by atoms with E-state index in [0.717, 1.165) is 11.1 Å². The third-order valence-corrected chi connectivity index (χ3v) is 1.64. The van der Waals surface area contributed by atoms with Gasteiger partial charge < -0.3 is 0 Å². The van der Waals surface area contributed by atoms with Crippen molar-refractivity contribution in [2.24, 2.45) is 0 Å². The summed E-state index contributed by atoms with van der Waals surface area (Å²) in [7, 11) is 0. The average molecular weight is 190 g/mol. The van der Waals surface area contributed by atoms with Crippen LogP contribution in [0.25, 0.3) is 6.08 Å². The van der Waals surface area contributed by atoms with Gasteiger partial charge in [0.1, 0.15) is 0 Å². The van der Waals surface area contributed by atoms with Crippen LogP contribution in [0.3, 0.4) is 0 Å². The van der Waals surface area contributed by atoms with Crippen LogP contribution in [0.5, 0.6) is 0 Å². The highest BCUT2D eigenvalue weighted by atomic mass is 16.1. The van der Waals surface area contributed by atoms with E-state index < -0.39 is 0 Å². The molecule has 0 atom stereocenters. The van der Waals surface area contributed by atoms with Gasteiger partial charge >= 0.3 is 0 Å². The zero-order valence-corrected chi connectivity index (χ0v) is 9.37. The second-order valence-electron chi connectivity index (χ2n) is 2.28. The average Bonchev–Trinajstić information content (AvgIpc) is 2.67. The Kier molecular flexibility index (Phi) is 6.38. The van der Waals surface area contributed by atoms with Crippen LogP contribution in [-0.4, -0.2) is 5.78 Å². The summed E-state index contributed by atoms with van der Waals surface area (Å²) in [6.07, 6.45) is 3.45. The number of carbonyl (C=O) groups excluding carboxylic acids is 1. The first-order valence-corrected chi connectivity index (χ1v) is 5.19. The van der Waals surface area contributed by atoms with E-state index in [1.54, 1.807) is 6.08 Å². The summed E-state index contributed by atoms with van der Waals surface area (Å²) < 4.78 is 0.